The Hall–Kier alpha value is -0.310. The molecule has 0 amide bonds. The Balaban J connectivity index is 2.23. The minimum atomic E-state index is 0.450. The fraction of sp³-hybridized carbons (Fsp3) is 0.600. The van der Waals surface area contributed by atoms with E-state index in [9.17, 15) is 0 Å². The molecule has 0 aromatic carbocycles. The lowest BCUT2D eigenvalue weighted by Gasteiger charge is -1.96. The molecule has 0 unspecified atom stereocenters. The molecule has 2 nitrogen and oxygen atoms in total. The zero-order chi connectivity index (χ0) is 5.40. The van der Waals surface area contributed by atoms with Crippen molar-refractivity contribution in [3.05, 3.63) is 11.5 Å². The molecule has 0 radical (unpaired) electrons. The third kappa shape index (κ3) is 0.508. The quantitative estimate of drug-likeness (QED) is 0.486. The summed E-state index contributed by atoms with van der Waals surface area (Å²) in [5.41, 5.74) is 0. The predicted octanol–water partition coefficient (Wildman–Crippen LogP) is 0.949. The van der Waals surface area contributed by atoms with Gasteiger partial charge >= 0.3 is 0 Å². The normalized spacial score (nSPS) is 25.0. The third-order valence-corrected chi connectivity index (χ3v) is 2.18. The number of hydrogen-bond acceptors (Lipinski definition) is 3. The van der Waals surface area contributed by atoms with Gasteiger partial charge in [0.25, 0.3) is 0 Å². The maximum Gasteiger partial charge on any atom is 0.230 e. The van der Waals surface area contributed by atoms with E-state index in [1.165, 1.54) is 0 Å². The van der Waals surface area contributed by atoms with Crippen LogP contribution in [0.1, 0.15) is 0 Å². The van der Waals surface area contributed by atoms with Crippen molar-refractivity contribution >= 4 is 11.8 Å². The first-order valence-electron chi connectivity index (χ1n) is 2.52. The maximum absolute atomic E-state index is 5.11. The van der Waals surface area contributed by atoms with Gasteiger partial charge in [0.15, 0.2) is 0 Å². The summed E-state index contributed by atoms with van der Waals surface area (Å²) < 4.78 is 10.2. The lowest BCUT2D eigenvalue weighted by atomic mass is 10.5. The van der Waals surface area contributed by atoms with E-state index in [-0.39, 0.29) is 0 Å². The van der Waals surface area contributed by atoms with Gasteiger partial charge in [-0.05, 0) is 0 Å². The highest BCUT2D eigenvalue weighted by molar-refractivity contribution is 7.99. The summed E-state index contributed by atoms with van der Waals surface area (Å²) in [5.74, 6) is 4.15. The molecule has 0 atom stereocenters. The highest BCUT2D eigenvalue weighted by atomic mass is 32.2. The van der Waals surface area contributed by atoms with Gasteiger partial charge in [-0.25, -0.2) is 0 Å². The molecule has 44 valence electrons. The van der Waals surface area contributed by atoms with Crippen LogP contribution in [-0.2, 0) is 9.47 Å². The van der Waals surface area contributed by atoms with Gasteiger partial charge in [-0.15, -0.1) is 11.8 Å². The molecule has 0 aliphatic carbocycles. The Morgan fingerprint density at radius 3 is 2.38 bits per heavy atom. The van der Waals surface area contributed by atoms with E-state index < -0.39 is 0 Å². The second-order valence-electron chi connectivity index (χ2n) is 1.75. The maximum atomic E-state index is 5.11. The molecular formula is C5H6O2S. The van der Waals surface area contributed by atoms with Crippen LogP contribution in [0.2, 0.25) is 0 Å². The van der Waals surface area contributed by atoms with Crippen molar-refractivity contribution < 1.29 is 9.47 Å². The zero-order valence-corrected chi connectivity index (χ0v) is 5.16. The van der Waals surface area contributed by atoms with E-state index in [0.717, 1.165) is 23.0 Å². The van der Waals surface area contributed by atoms with E-state index in [1.54, 1.807) is 0 Å². The minimum absolute atomic E-state index is 0.450. The van der Waals surface area contributed by atoms with Gasteiger partial charge in [0, 0.05) is 0 Å². The standard InChI is InChI=1S/C5H6O2S/c1-4-5(2-8-1)7-3-6-4/h1-3H2. The van der Waals surface area contributed by atoms with Crippen LogP contribution in [0.15, 0.2) is 11.5 Å². The Morgan fingerprint density at radius 1 is 1.12 bits per heavy atom. The zero-order valence-electron chi connectivity index (χ0n) is 4.35. The smallest absolute Gasteiger partial charge is 0.230 e. The van der Waals surface area contributed by atoms with Crippen LogP contribution >= 0.6 is 11.8 Å². The number of hydrogen-bond donors (Lipinski definition) is 0. The van der Waals surface area contributed by atoms with Crippen molar-refractivity contribution in [1.82, 2.24) is 0 Å². The summed E-state index contributed by atoms with van der Waals surface area (Å²) in [5, 5.41) is 0. The van der Waals surface area contributed by atoms with Crippen molar-refractivity contribution in [2.45, 2.75) is 0 Å². The van der Waals surface area contributed by atoms with Gasteiger partial charge in [-0.2, -0.15) is 0 Å². The van der Waals surface area contributed by atoms with Gasteiger partial charge in [-0.1, -0.05) is 0 Å². The molecule has 0 spiro atoms. The van der Waals surface area contributed by atoms with Crippen molar-refractivity contribution in [3.63, 3.8) is 0 Å². The highest BCUT2D eigenvalue weighted by Gasteiger charge is 2.22. The summed E-state index contributed by atoms with van der Waals surface area (Å²) in [6.07, 6.45) is 0. The minimum Gasteiger partial charge on any atom is -0.457 e. The van der Waals surface area contributed by atoms with E-state index in [1.807, 2.05) is 11.8 Å². The van der Waals surface area contributed by atoms with E-state index >= 15 is 0 Å². The monoisotopic (exact) mass is 130 g/mol. The second-order valence-corrected chi connectivity index (χ2v) is 2.73. The Bertz CT molecular complexity index is 113. The lowest BCUT2D eigenvalue weighted by molar-refractivity contribution is 0.0722. The van der Waals surface area contributed by atoms with Crippen LogP contribution in [0.4, 0.5) is 0 Å². The number of ether oxygens (including phenoxy) is 2. The summed E-state index contributed by atoms with van der Waals surface area (Å²) in [7, 11) is 0. The fourth-order valence-corrected chi connectivity index (χ4v) is 1.77. The SMILES string of the molecule is C1OC2=C(CSC2)O1. The van der Waals surface area contributed by atoms with Crippen LogP contribution < -0.4 is 0 Å². The van der Waals surface area contributed by atoms with Crippen molar-refractivity contribution in [2.75, 3.05) is 18.3 Å². The molecule has 0 fully saturated rings. The van der Waals surface area contributed by atoms with Gasteiger partial charge in [0.2, 0.25) is 6.79 Å². The van der Waals surface area contributed by atoms with Crippen LogP contribution in [0.3, 0.4) is 0 Å². The molecule has 0 saturated carbocycles. The van der Waals surface area contributed by atoms with Crippen molar-refractivity contribution in [2.24, 2.45) is 0 Å². The first-order chi connectivity index (χ1) is 3.97. The molecule has 0 aromatic heterocycles. The summed E-state index contributed by atoms with van der Waals surface area (Å²) >= 11 is 1.84. The number of rotatable bonds is 0. The lowest BCUT2D eigenvalue weighted by Crippen LogP contribution is -1.88. The Kier molecular flexibility index (Phi) is 0.903. The molecule has 0 N–H and O–H groups in total. The average molecular weight is 130 g/mol. The van der Waals surface area contributed by atoms with Gasteiger partial charge in [0.1, 0.15) is 11.5 Å². The molecule has 3 heteroatoms. The van der Waals surface area contributed by atoms with E-state index in [2.05, 4.69) is 0 Å². The topological polar surface area (TPSA) is 18.5 Å². The summed E-state index contributed by atoms with van der Waals surface area (Å²) in [6, 6.07) is 0. The first-order valence-corrected chi connectivity index (χ1v) is 3.67. The van der Waals surface area contributed by atoms with Crippen LogP contribution in [0.25, 0.3) is 0 Å². The van der Waals surface area contributed by atoms with Crippen molar-refractivity contribution in [3.8, 4) is 0 Å². The largest absolute Gasteiger partial charge is 0.457 e. The molecule has 2 rings (SSSR count). The Morgan fingerprint density at radius 2 is 1.75 bits per heavy atom. The predicted molar refractivity (Wildman–Crippen MR) is 31.4 cm³/mol. The van der Waals surface area contributed by atoms with Crippen molar-refractivity contribution in [1.29, 1.82) is 0 Å². The molecule has 8 heavy (non-hydrogen) atoms. The van der Waals surface area contributed by atoms with E-state index in [4.69, 9.17) is 9.47 Å². The number of thioether (sulfide) groups is 1. The van der Waals surface area contributed by atoms with E-state index in [0.29, 0.717) is 6.79 Å². The fourth-order valence-electron chi connectivity index (χ4n) is 0.813. The molecular weight excluding hydrogens is 124 g/mol. The molecule has 2 aliphatic rings. The molecule has 0 bridgehead atoms. The van der Waals surface area contributed by atoms with Gasteiger partial charge in [-0.3, -0.25) is 0 Å². The molecule has 2 heterocycles. The third-order valence-electron chi connectivity index (χ3n) is 1.24. The molecule has 0 aromatic rings. The van der Waals surface area contributed by atoms with Gasteiger partial charge < -0.3 is 9.47 Å². The first kappa shape index (κ1) is 4.56. The van der Waals surface area contributed by atoms with Crippen LogP contribution in [-0.4, -0.2) is 18.3 Å². The summed E-state index contributed by atoms with van der Waals surface area (Å²) in [6.45, 7) is 0.450. The molecule has 0 saturated heterocycles. The molecule has 2 aliphatic heterocycles. The average Bonchev–Trinajstić information content (AvgIpc) is 2.15. The van der Waals surface area contributed by atoms with Gasteiger partial charge in [0.05, 0.1) is 11.5 Å². The van der Waals surface area contributed by atoms with Crippen LogP contribution in [0.5, 0.6) is 0 Å². The summed E-state index contributed by atoms with van der Waals surface area (Å²) in [4.78, 5) is 0. The van der Waals surface area contributed by atoms with Crippen LogP contribution in [0, 0.1) is 0 Å². The Labute approximate surface area is 51.8 Å². The second kappa shape index (κ2) is 1.58. The highest BCUT2D eigenvalue weighted by Crippen LogP contribution is 2.29.